The number of fused-ring (bicyclic) bond motifs is 1. The maximum Gasteiger partial charge on any atom is 0.204 e. The van der Waals surface area contributed by atoms with Crippen molar-refractivity contribution in [1.82, 2.24) is 0 Å². The van der Waals surface area contributed by atoms with Crippen molar-refractivity contribution in [3.63, 3.8) is 0 Å². The van der Waals surface area contributed by atoms with Crippen LogP contribution in [0.2, 0.25) is 0 Å². The molecule has 0 saturated carbocycles. The lowest BCUT2D eigenvalue weighted by atomic mass is 9.77. The number of ketones is 2. The van der Waals surface area contributed by atoms with Crippen molar-refractivity contribution in [2.75, 3.05) is 6.61 Å². The first-order chi connectivity index (χ1) is 14.6. The van der Waals surface area contributed by atoms with Crippen LogP contribution in [0.25, 0.3) is 0 Å². The topological polar surface area (TPSA) is 52.6 Å². The molecule has 0 bridgehead atoms. The molecule has 1 heterocycles. The number of ether oxygens (including phenoxy) is 2. The lowest BCUT2D eigenvalue weighted by Gasteiger charge is -2.32. The van der Waals surface area contributed by atoms with E-state index in [9.17, 15) is 9.59 Å². The lowest BCUT2D eigenvalue weighted by molar-refractivity contribution is -0.238. The van der Waals surface area contributed by atoms with Crippen molar-refractivity contribution in [1.29, 1.82) is 0 Å². The molecule has 2 aliphatic rings. The van der Waals surface area contributed by atoms with Gasteiger partial charge in [-0.1, -0.05) is 84.9 Å². The van der Waals surface area contributed by atoms with E-state index in [2.05, 4.69) is 0 Å². The smallest absolute Gasteiger partial charge is 0.204 e. The van der Waals surface area contributed by atoms with Crippen LogP contribution < -0.4 is 0 Å². The summed E-state index contributed by atoms with van der Waals surface area (Å²) in [5.41, 5.74) is 0.911. The van der Waals surface area contributed by atoms with Gasteiger partial charge in [-0.05, 0) is 12.5 Å². The fourth-order valence-electron chi connectivity index (χ4n) is 4.89. The molecule has 4 nitrogen and oxygen atoms in total. The highest BCUT2D eigenvalue weighted by Gasteiger charge is 2.68. The van der Waals surface area contributed by atoms with Crippen LogP contribution in [0, 0.1) is 0 Å². The van der Waals surface area contributed by atoms with Gasteiger partial charge in [0.1, 0.15) is 0 Å². The summed E-state index contributed by atoms with van der Waals surface area (Å²) in [5, 5.41) is 0. The maximum absolute atomic E-state index is 13.7. The second-order valence-corrected chi connectivity index (χ2v) is 7.76. The molecule has 1 fully saturated rings. The molecule has 0 amide bonds. The van der Waals surface area contributed by atoms with Gasteiger partial charge in [0.05, 0.1) is 0 Å². The minimum absolute atomic E-state index is 0.283. The van der Waals surface area contributed by atoms with Gasteiger partial charge in [0.25, 0.3) is 0 Å². The Hall–Kier alpha value is -3.08. The zero-order valence-corrected chi connectivity index (χ0v) is 16.7. The lowest BCUT2D eigenvalue weighted by Crippen LogP contribution is -2.47. The Balaban J connectivity index is 1.73. The van der Waals surface area contributed by atoms with Crippen molar-refractivity contribution in [3.05, 3.63) is 107 Å². The molecular weight excluding hydrogens is 376 g/mol. The fourth-order valence-corrected chi connectivity index (χ4v) is 4.89. The van der Waals surface area contributed by atoms with E-state index in [0.29, 0.717) is 24.2 Å². The molecule has 1 aliphatic heterocycles. The van der Waals surface area contributed by atoms with E-state index in [-0.39, 0.29) is 11.6 Å². The van der Waals surface area contributed by atoms with Gasteiger partial charge < -0.3 is 9.47 Å². The molecule has 0 aromatic heterocycles. The second kappa shape index (κ2) is 7.01. The zero-order valence-electron chi connectivity index (χ0n) is 16.7. The fraction of sp³-hybridized carbons (Fsp3) is 0.231. The average Bonchev–Trinajstić information content (AvgIpc) is 3.26. The van der Waals surface area contributed by atoms with E-state index < -0.39 is 17.3 Å². The summed E-state index contributed by atoms with van der Waals surface area (Å²) in [6.07, 6.45) is 0.375. The summed E-state index contributed by atoms with van der Waals surface area (Å²) in [6.45, 7) is 2.28. The number of carbonyl (C=O) groups excluding carboxylic acids is 2. The number of Topliss-reactive ketones (excluding diaryl/α,β-unsaturated/α-hetero) is 2. The summed E-state index contributed by atoms with van der Waals surface area (Å²) in [7, 11) is 0. The number of hydrogen-bond acceptors (Lipinski definition) is 4. The van der Waals surface area contributed by atoms with Gasteiger partial charge in [-0.2, -0.15) is 0 Å². The predicted molar refractivity (Wildman–Crippen MR) is 112 cm³/mol. The first kappa shape index (κ1) is 18.9. The SMILES string of the molecule is CCO[C@@]1(c2ccccc2)C[C@H](c2ccccc2)C2(O1)C(=O)c1ccccc1C2=O. The normalized spacial score (nSPS) is 24.4. The van der Waals surface area contributed by atoms with Gasteiger partial charge in [-0.25, -0.2) is 0 Å². The molecule has 3 aromatic carbocycles. The van der Waals surface area contributed by atoms with Crippen molar-refractivity contribution in [2.45, 2.75) is 30.7 Å². The molecule has 1 spiro atoms. The van der Waals surface area contributed by atoms with Crippen LogP contribution in [0.3, 0.4) is 0 Å². The van der Waals surface area contributed by atoms with Crippen molar-refractivity contribution < 1.29 is 19.1 Å². The van der Waals surface area contributed by atoms with Crippen LogP contribution in [0.1, 0.15) is 51.1 Å². The largest absolute Gasteiger partial charge is 0.346 e. The third kappa shape index (κ3) is 2.54. The minimum atomic E-state index is -1.63. The number of rotatable bonds is 4. The molecule has 1 saturated heterocycles. The van der Waals surface area contributed by atoms with E-state index in [4.69, 9.17) is 9.47 Å². The highest BCUT2D eigenvalue weighted by molar-refractivity contribution is 6.33. The highest BCUT2D eigenvalue weighted by atomic mass is 16.7. The van der Waals surface area contributed by atoms with Gasteiger partial charge in [0, 0.05) is 35.6 Å². The first-order valence-corrected chi connectivity index (χ1v) is 10.3. The molecule has 0 radical (unpaired) electrons. The van der Waals surface area contributed by atoms with Crippen LogP contribution >= 0.6 is 0 Å². The second-order valence-electron chi connectivity index (χ2n) is 7.76. The molecule has 1 aliphatic carbocycles. The zero-order chi connectivity index (χ0) is 20.8. The van der Waals surface area contributed by atoms with Gasteiger partial charge in [0.2, 0.25) is 17.2 Å². The van der Waals surface area contributed by atoms with Crippen molar-refractivity contribution in [2.24, 2.45) is 0 Å². The van der Waals surface area contributed by atoms with Gasteiger partial charge in [0.15, 0.2) is 5.79 Å². The van der Waals surface area contributed by atoms with Crippen LogP contribution in [0.15, 0.2) is 84.9 Å². The van der Waals surface area contributed by atoms with E-state index in [1.807, 2.05) is 67.6 Å². The Morgan fingerprint density at radius 1 is 0.833 bits per heavy atom. The summed E-state index contributed by atoms with van der Waals surface area (Å²) in [4.78, 5) is 27.5. The van der Waals surface area contributed by atoms with Crippen LogP contribution in [-0.2, 0) is 15.3 Å². The third-order valence-corrected chi connectivity index (χ3v) is 6.17. The van der Waals surface area contributed by atoms with Gasteiger partial charge in [-0.3, -0.25) is 9.59 Å². The quantitative estimate of drug-likeness (QED) is 0.587. The monoisotopic (exact) mass is 398 g/mol. The maximum atomic E-state index is 13.7. The molecule has 3 aromatic rings. The van der Waals surface area contributed by atoms with Crippen molar-refractivity contribution in [3.8, 4) is 0 Å². The number of carbonyl (C=O) groups is 2. The summed E-state index contributed by atoms with van der Waals surface area (Å²) in [6, 6.07) is 26.2. The third-order valence-electron chi connectivity index (χ3n) is 6.17. The molecule has 2 atom stereocenters. The predicted octanol–water partition coefficient (Wildman–Crippen LogP) is 4.90. The van der Waals surface area contributed by atoms with E-state index in [1.54, 1.807) is 24.3 Å². The first-order valence-electron chi connectivity index (χ1n) is 10.3. The molecule has 0 N–H and O–H groups in total. The summed E-state index contributed by atoms with van der Waals surface area (Å²) < 4.78 is 12.8. The van der Waals surface area contributed by atoms with E-state index in [0.717, 1.165) is 11.1 Å². The molecule has 5 rings (SSSR count). The minimum Gasteiger partial charge on any atom is -0.346 e. The number of hydrogen-bond donors (Lipinski definition) is 0. The highest BCUT2D eigenvalue weighted by Crippen LogP contribution is 2.57. The van der Waals surface area contributed by atoms with Gasteiger partial charge >= 0.3 is 0 Å². The van der Waals surface area contributed by atoms with Gasteiger partial charge in [-0.15, -0.1) is 0 Å². The standard InChI is InChI=1S/C26H22O4/c1-2-29-25(19-13-7-4-8-14-19)17-22(18-11-5-3-6-12-18)26(30-25)23(27)20-15-9-10-16-21(20)24(26)28/h3-16,22H,2,17H2,1H3/t22-,25+/m1/s1. The number of benzene rings is 3. The Labute approximate surface area is 175 Å². The molecule has 4 heteroatoms. The average molecular weight is 398 g/mol. The van der Waals surface area contributed by atoms with Crippen molar-refractivity contribution >= 4 is 11.6 Å². The molecular formula is C26H22O4. The van der Waals surface area contributed by atoms with E-state index in [1.165, 1.54) is 0 Å². The summed E-state index contributed by atoms with van der Waals surface area (Å²) >= 11 is 0. The van der Waals surface area contributed by atoms with Crippen LogP contribution in [0.5, 0.6) is 0 Å². The summed E-state index contributed by atoms with van der Waals surface area (Å²) in [5.74, 6) is -2.20. The molecule has 150 valence electrons. The van der Waals surface area contributed by atoms with Crippen LogP contribution in [-0.4, -0.2) is 23.8 Å². The van der Waals surface area contributed by atoms with E-state index >= 15 is 0 Å². The Kier molecular flexibility index (Phi) is 4.42. The molecule has 30 heavy (non-hydrogen) atoms. The van der Waals surface area contributed by atoms with Crippen LogP contribution in [0.4, 0.5) is 0 Å². The molecule has 0 unspecified atom stereocenters. The Morgan fingerprint density at radius 2 is 1.37 bits per heavy atom. The Bertz CT molecular complexity index is 1070. The Morgan fingerprint density at radius 3 is 1.93 bits per heavy atom.